The van der Waals surface area contributed by atoms with E-state index in [0.29, 0.717) is 6.17 Å². The lowest BCUT2D eigenvalue weighted by Gasteiger charge is -2.18. The van der Waals surface area contributed by atoms with Gasteiger partial charge in [0, 0.05) is 12.6 Å². The number of aryl methyl sites for hydroxylation is 2. The topological polar surface area (TPSA) is 93.5 Å². The minimum absolute atomic E-state index is 0.332. The second-order valence-electron chi connectivity index (χ2n) is 14.6. The number of rotatable bonds is 35. The van der Waals surface area contributed by atoms with Crippen molar-refractivity contribution in [3.05, 3.63) is 42.0 Å². The van der Waals surface area contributed by atoms with Gasteiger partial charge in [-0.3, -0.25) is 14.1 Å². The predicted molar refractivity (Wildman–Crippen MR) is 221 cm³/mol. The van der Waals surface area contributed by atoms with Gasteiger partial charge >= 0.3 is 10.4 Å². The number of imidazole rings is 1. The Hall–Kier alpha value is -1.48. The molecule has 7 nitrogen and oxygen atoms in total. The van der Waals surface area contributed by atoms with Gasteiger partial charge in [-0.1, -0.05) is 154 Å². The van der Waals surface area contributed by atoms with Crippen LogP contribution in [0.15, 0.2) is 30.5 Å². The summed E-state index contributed by atoms with van der Waals surface area (Å²) in [7, 11) is -3.29. The summed E-state index contributed by atoms with van der Waals surface area (Å²) in [5.41, 5.74) is 1.15. The molecule has 8 heteroatoms. The van der Waals surface area contributed by atoms with Crippen molar-refractivity contribution in [3.63, 3.8) is 0 Å². The summed E-state index contributed by atoms with van der Waals surface area (Å²) in [5.74, 6) is 1.27. The summed E-state index contributed by atoms with van der Waals surface area (Å²) >= 11 is 0. The van der Waals surface area contributed by atoms with E-state index in [2.05, 4.69) is 72.3 Å². The largest absolute Gasteiger partial charge is 0.397 e. The van der Waals surface area contributed by atoms with E-state index in [1.807, 2.05) is 0 Å². The average Bonchev–Trinajstić information content (AvgIpc) is 3.49. The molecule has 1 unspecified atom stereocenters. The van der Waals surface area contributed by atoms with Gasteiger partial charge in [0.15, 0.2) is 0 Å². The first-order valence-electron chi connectivity index (χ1n) is 21.4. The Kier molecular flexibility index (Phi) is 35.8. The van der Waals surface area contributed by atoms with Gasteiger partial charge in [0.25, 0.3) is 0 Å². The standard InChI is InChI=1S/C42H79N3.CH4O4S/c1-5-7-9-11-13-15-17-19-21-23-25-27-29-31-33-35-37-42-44-40(3)39-45(42)41(4)43-38-36-34-32-30-28-26-24-22-20-18-16-14-12-10-8-6-2;1-5-6(2,3)4/h19-22,39,41,43H,5-18,23-38H2,1-4H3;1H3,(H,2,3,4)/b21-19-,22-20-;. The molecule has 0 saturated carbocycles. The Morgan fingerprint density at radius 3 is 1.41 bits per heavy atom. The molecule has 300 valence electrons. The Labute approximate surface area is 317 Å². The molecule has 0 bridgehead atoms. The third-order valence-corrected chi connectivity index (χ3v) is 10.0. The Balaban J connectivity index is 0.00000381. The molecule has 1 aromatic rings. The van der Waals surface area contributed by atoms with E-state index < -0.39 is 10.4 Å². The molecule has 1 heterocycles. The number of allylic oxidation sites excluding steroid dienone is 4. The highest BCUT2D eigenvalue weighted by atomic mass is 32.3. The van der Waals surface area contributed by atoms with E-state index >= 15 is 0 Å². The first-order chi connectivity index (χ1) is 24.7. The molecular weight excluding hydrogens is 655 g/mol. The Morgan fingerprint density at radius 1 is 0.667 bits per heavy atom. The number of hydrogen-bond acceptors (Lipinski definition) is 5. The zero-order chi connectivity index (χ0) is 37.7. The highest BCUT2D eigenvalue weighted by Gasteiger charge is 2.11. The van der Waals surface area contributed by atoms with Gasteiger partial charge in [0.2, 0.25) is 0 Å². The van der Waals surface area contributed by atoms with Crippen LogP contribution in [0.5, 0.6) is 0 Å². The molecule has 0 saturated heterocycles. The molecule has 0 spiro atoms. The van der Waals surface area contributed by atoms with Crippen LogP contribution in [0.3, 0.4) is 0 Å². The normalized spacial score (nSPS) is 12.6. The summed E-state index contributed by atoms with van der Waals surface area (Å²) < 4.78 is 32.1. The monoisotopic (exact) mass is 738 g/mol. The van der Waals surface area contributed by atoms with Crippen molar-refractivity contribution in [2.75, 3.05) is 13.7 Å². The maximum atomic E-state index is 9.33. The SMILES string of the molecule is CCCCCCCC/C=C\CCCCCCCCNC(C)n1cc(C)nc1CCCCCCCC/C=C\CCCCCCCC.COS(=O)(=O)O. The van der Waals surface area contributed by atoms with Crippen LogP contribution in [-0.2, 0) is 21.0 Å². The number of nitrogens with one attached hydrogen (secondary N) is 1. The highest BCUT2D eigenvalue weighted by molar-refractivity contribution is 7.80. The van der Waals surface area contributed by atoms with Crippen LogP contribution in [0, 0.1) is 6.92 Å². The molecule has 0 aliphatic heterocycles. The molecule has 1 atom stereocenters. The smallest absolute Gasteiger partial charge is 0.319 e. The van der Waals surface area contributed by atoms with Gasteiger partial charge in [-0.25, -0.2) is 4.98 Å². The van der Waals surface area contributed by atoms with Crippen LogP contribution in [0.4, 0.5) is 0 Å². The van der Waals surface area contributed by atoms with E-state index in [1.165, 1.54) is 186 Å². The van der Waals surface area contributed by atoms with E-state index in [-0.39, 0.29) is 0 Å². The van der Waals surface area contributed by atoms with E-state index in [9.17, 15) is 8.42 Å². The Bertz CT molecular complexity index is 1040. The van der Waals surface area contributed by atoms with Crippen LogP contribution in [0.1, 0.15) is 218 Å². The third kappa shape index (κ3) is 35.3. The molecule has 0 fully saturated rings. The van der Waals surface area contributed by atoms with Crippen LogP contribution >= 0.6 is 0 Å². The summed E-state index contributed by atoms with van der Waals surface area (Å²) in [4.78, 5) is 4.88. The summed E-state index contributed by atoms with van der Waals surface area (Å²) in [6.07, 6.45) is 51.6. The number of hydrogen-bond donors (Lipinski definition) is 2. The van der Waals surface area contributed by atoms with Crippen LogP contribution < -0.4 is 5.32 Å². The van der Waals surface area contributed by atoms with Crippen molar-refractivity contribution in [1.29, 1.82) is 0 Å². The third-order valence-electron chi connectivity index (χ3n) is 9.60. The molecule has 1 rings (SSSR count). The molecule has 0 radical (unpaired) electrons. The number of unbranched alkanes of at least 4 members (excludes halogenated alkanes) is 24. The zero-order valence-corrected chi connectivity index (χ0v) is 35.0. The molecule has 51 heavy (non-hydrogen) atoms. The van der Waals surface area contributed by atoms with Crippen molar-refractivity contribution in [2.24, 2.45) is 0 Å². The second kappa shape index (κ2) is 36.9. The highest BCUT2D eigenvalue weighted by Crippen LogP contribution is 2.16. The average molecular weight is 738 g/mol. The quantitative estimate of drug-likeness (QED) is 0.0409. The van der Waals surface area contributed by atoms with Crippen molar-refractivity contribution < 1.29 is 17.2 Å². The van der Waals surface area contributed by atoms with Crippen molar-refractivity contribution in [2.45, 2.75) is 220 Å². The molecule has 0 aliphatic rings. The summed E-state index contributed by atoms with van der Waals surface area (Å²) in [5, 5.41) is 3.77. The molecule has 0 amide bonds. The molecule has 2 N–H and O–H groups in total. The lowest BCUT2D eigenvalue weighted by molar-refractivity contribution is 0.324. The molecular formula is C43H83N3O4S. The molecule has 0 aliphatic carbocycles. The number of aromatic nitrogens is 2. The second-order valence-corrected chi connectivity index (χ2v) is 15.7. The van der Waals surface area contributed by atoms with Crippen molar-refractivity contribution in [3.8, 4) is 0 Å². The van der Waals surface area contributed by atoms with Gasteiger partial charge in [-0.05, 0) is 84.6 Å². The van der Waals surface area contributed by atoms with Gasteiger partial charge < -0.3 is 4.57 Å². The van der Waals surface area contributed by atoms with E-state index in [1.54, 1.807) is 0 Å². The lowest BCUT2D eigenvalue weighted by atomic mass is 10.1. The first kappa shape index (κ1) is 49.5. The predicted octanol–water partition coefficient (Wildman–Crippen LogP) is 13.4. The first-order valence-corrected chi connectivity index (χ1v) is 22.7. The van der Waals surface area contributed by atoms with E-state index in [4.69, 9.17) is 9.54 Å². The fourth-order valence-electron chi connectivity index (χ4n) is 6.40. The zero-order valence-electron chi connectivity index (χ0n) is 34.2. The maximum absolute atomic E-state index is 9.33. The minimum atomic E-state index is -4.16. The Morgan fingerprint density at radius 2 is 1.02 bits per heavy atom. The van der Waals surface area contributed by atoms with Crippen LogP contribution in [-0.4, -0.2) is 36.2 Å². The minimum Gasteiger partial charge on any atom is -0.319 e. The van der Waals surface area contributed by atoms with Gasteiger partial charge in [-0.15, -0.1) is 0 Å². The van der Waals surface area contributed by atoms with Crippen molar-refractivity contribution >= 4 is 10.4 Å². The van der Waals surface area contributed by atoms with Crippen molar-refractivity contribution in [1.82, 2.24) is 14.9 Å². The summed E-state index contributed by atoms with van der Waals surface area (Å²) in [6.45, 7) is 10.1. The molecule has 1 aromatic heterocycles. The summed E-state index contributed by atoms with van der Waals surface area (Å²) in [6, 6.07) is 0. The van der Waals surface area contributed by atoms with Crippen LogP contribution in [0.25, 0.3) is 0 Å². The fourth-order valence-corrected chi connectivity index (χ4v) is 6.40. The van der Waals surface area contributed by atoms with Crippen LogP contribution in [0.2, 0.25) is 0 Å². The van der Waals surface area contributed by atoms with Gasteiger partial charge in [0.1, 0.15) is 5.82 Å². The molecule has 0 aromatic carbocycles. The maximum Gasteiger partial charge on any atom is 0.397 e. The number of nitrogens with zero attached hydrogens (tertiary/aromatic N) is 2. The van der Waals surface area contributed by atoms with Gasteiger partial charge in [0.05, 0.1) is 19.0 Å². The lowest BCUT2D eigenvalue weighted by Crippen LogP contribution is -2.26. The fraction of sp³-hybridized carbons (Fsp3) is 0.837. The van der Waals surface area contributed by atoms with E-state index in [0.717, 1.165) is 25.8 Å². The van der Waals surface area contributed by atoms with Gasteiger partial charge in [-0.2, -0.15) is 8.42 Å².